The van der Waals surface area contributed by atoms with Gasteiger partial charge in [-0.1, -0.05) is 13.3 Å². The predicted molar refractivity (Wildman–Crippen MR) is 35.7 cm³/mol. The molecule has 2 nitrogen and oxygen atoms in total. The Morgan fingerprint density at radius 1 is 1.88 bits per heavy atom. The maximum Gasteiger partial charge on any atom is 0.207 e. The van der Waals surface area contributed by atoms with E-state index in [0.717, 1.165) is 19.3 Å². The molecule has 0 aromatic heterocycles. The van der Waals surface area contributed by atoms with Crippen molar-refractivity contribution in [2.45, 2.75) is 32.7 Å². The zero-order valence-electron chi connectivity index (χ0n) is 5.48. The summed E-state index contributed by atoms with van der Waals surface area (Å²) in [5, 5.41) is 2.67. The molecule has 0 aliphatic rings. The van der Waals surface area contributed by atoms with E-state index in [1.54, 1.807) is 0 Å². The van der Waals surface area contributed by atoms with E-state index < -0.39 is 0 Å². The van der Waals surface area contributed by atoms with Crippen LogP contribution in [-0.4, -0.2) is 12.5 Å². The van der Waals surface area contributed by atoms with Crippen molar-refractivity contribution in [2.75, 3.05) is 0 Å². The topological polar surface area (TPSA) is 29.1 Å². The molecule has 0 spiro atoms. The van der Waals surface area contributed by atoms with Crippen LogP contribution in [0.2, 0.25) is 0 Å². The highest BCUT2D eigenvalue weighted by Gasteiger charge is 1.93. The minimum Gasteiger partial charge on any atom is -0.356 e. The van der Waals surface area contributed by atoms with Crippen LogP contribution in [0.15, 0.2) is 0 Å². The summed E-state index contributed by atoms with van der Waals surface area (Å²) in [6.07, 6.45) is 2.95. The summed E-state index contributed by atoms with van der Waals surface area (Å²) in [6.45, 7) is 4.10. The number of carbonyl (C=O) groups is 1. The first kappa shape index (κ1) is 7.47. The van der Waals surface area contributed by atoms with Crippen LogP contribution in [-0.2, 0) is 4.79 Å². The number of amides is 1. The quantitative estimate of drug-likeness (QED) is 0.550. The van der Waals surface area contributed by atoms with Crippen LogP contribution >= 0.6 is 0 Å². The van der Waals surface area contributed by atoms with Crippen molar-refractivity contribution in [1.82, 2.24) is 5.32 Å². The minimum absolute atomic E-state index is 0. The SMILES string of the molecule is CCCC(C)NC=O.[HH]. The lowest BCUT2D eigenvalue weighted by atomic mass is 10.2. The van der Waals surface area contributed by atoms with Crippen molar-refractivity contribution in [3.05, 3.63) is 0 Å². The van der Waals surface area contributed by atoms with E-state index >= 15 is 0 Å². The molecule has 1 unspecified atom stereocenters. The zero-order chi connectivity index (χ0) is 6.41. The Morgan fingerprint density at radius 2 is 2.50 bits per heavy atom. The molecule has 0 heterocycles. The first-order valence-corrected chi connectivity index (χ1v) is 3.01. The molecule has 1 amide bonds. The van der Waals surface area contributed by atoms with Gasteiger partial charge in [-0.3, -0.25) is 4.79 Å². The third kappa shape index (κ3) is 3.65. The third-order valence-corrected chi connectivity index (χ3v) is 1.07. The molecular formula is C6H15NO. The highest BCUT2D eigenvalue weighted by Crippen LogP contribution is 1.91. The summed E-state index contributed by atoms with van der Waals surface area (Å²) < 4.78 is 0. The molecule has 0 saturated heterocycles. The highest BCUT2D eigenvalue weighted by atomic mass is 16.1. The Hall–Kier alpha value is -0.530. The van der Waals surface area contributed by atoms with E-state index in [1.807, 2.05) is 6.92 Å². The van der Waals surface area contributed by atoms with Gasteiger partial charge >= 0.3 is 0 Å². The molecule has 0 rings (SSSR count). The minimum atomic E-state index is 0. The lowest BCUT2D eigenvalue weighted by Crippen LogP contribution is -2.23. The fraction of sp³-hybridized carbons (Fsp3) is 0.833. The Labute approximate surface area is 51.8 Å². The standard InChI is InChI=1S/C6H13NO.H2/c1-3-4-6(2)7-5-8;/h5-6H,3-4H2,1-2H3,(H,7,8);1H. The van der Waals surface area contributed by atoms with Crippen LogP contribution in [0.5, 0.6) is 0 Å². The fourth-order valence-electron chi connectivity index (χ4n) is 0.632. The summed E-state index contributed by atoms with van der Waals surface area (Å²) in [5.41, 5.74) is 0. The average molecular weight is 117 g/mol. The summed E-state index contributed by atoms with van der Waals surface area (Å²) in [7, 11) is 0. The molecular weight excluding hydrogens is 102 g/mol. The van der Waals surface area contributed by atoms with E-state index in [1.165, 1.54) is 0 Å². The molecule has 0 radical (unpaired) electrons. The zero-order valence-corrected chi connectivity index (χ0v) is 5.48. The number of carbonyl (C=O) groups excluding carboxylic acids is 1. The van der Waals surface area contributed by atoms with Gasteiger partial charge in [-0.2, -0.15) is 0 Å². The molecule has 0 fully saturated rings. The molecule has 0 bridgehead atoms. The molecule has 8 heavy (non-hydrogen) atoms. The first-order valence-electron chi connectivity index (χ1n) is 3.01. The van der Waals surface area contributed by atoms with Gasteiger partial charge in [-0.05, 0) is 13.3 Å². The van der Waals surface area contributed by atoms with Gasteiger partial charge in [0.2, 0.25) is 6.41 Å². The molecule has 0 saturated carbocycles. The van der Waals surface area contributed by atoms with E-state index in [2.05, 4.69) is 12.2 Å². The highest BCUT2D eigenvalue weighted by molar-refractivity contribution is 5.46. The Kier molecular flexibility index (Phi) is 4.32. The summed E-state index contributed by atoms with van der Waals surface area (Å²) in [5.74, 6) is 0. The van der Waals surface area contributed by atoms with Gasteiger partial charge in [0.25, 0.3) is 0 Å². The number of rotatable bonds is 4. The predicted octanol–water partition coefficient (Wildman–Crippen LogP) is 1.17. The number of hydrogen-bond donors (Lipinski definition) is 1. The summed E-state index contributed by atoms with van der Waals surface area (Å²) in [4.78, 5) is 9.78. The molecule has 1 N–H and O–H groups in total. The lowest BCUT2D eigenvalue weighted by Gasteiger charge is -2.05. The van der Waals surface area contributed by atoms with E-state index in [0.29, 0.717) is 6.04 Å². The van der Waals surface area contributed by atoms with Gasteiger partial charge in [0.15, 0.2) is 0 Å². The van der Waals surface area contributed by atoms with Gasteiger partial charge in [0, 0.05) is 7.47 Å². The Balaban J connectivity index is 0. The van der Waals surface area contributed by atoms with Gasteiger partial charge < -0.3 is 5.32 Å². The Morgan fingerprint density at radius 3 is 2.88 bits per heavy atom. The van der Waals surface area contributed by atoms with Gasteiger partial charge in [0.05, 0.1) is 0 Å². The van der Waals surface area contributed by atoms with Crippen molar-refractivity contribution in [2.24, 2.45) is 0 Å². The molecule has 0 aromatic carbocycles. The van der Waals surface area contributed by atoms with E-state index in [9.17, 15) is 4.79 Å². The van der Waals surface area contributed by atoms with E-state index in [-0.39, 0.29) is 1.43 Å². The van der Waals surface area contributed by atoms with Gasteiger partial charge in [-0.25, -0.2) is 0 Å². The molecule has 2 heteroatoms. The second-order valence-electron chi connectivity index (χ2n) is 1.97. The van der Waals surface area contributed by atoms with Gasteiger partial charge in [0.1, 0.15) is 0 Å². The second kappa shape index (κ2) is 4.62. The van der Waals surface area contributed by atoms with Crippen molar-refractivity contribution >= 4 is 6.41 Å². The van der Waals surface area contributed by atoms with Crippen LogP contribution < -0.4 is 5.32 Å². The molecule has 0 aromatic rings. The number of nitrogens with one attached hydrogen (secondary N) is 1. The van der Waals surface area contributed by atoms with Crippen LogP contribution in [0, 0.1) is 0 Å². The van der Waals surface area contributed by atoms with Crippen LogP contribution in [0.25, 0.3) is 0 Å². The third-order valence-electron chi connectivity index (χ3n) is 1.07. The maximum atomic E-state index is 9.78. The van der Waals surface area contributed by atoms with Crippen LogP contribution in [0.1, 0.15) is 28.1 Å². The smallest absolute Gasteiger partial charge is 0.207 e. The van der Waals surface area contributed by atoms with Crippen LogP contribution in [0.3, 0.4) is 0 Å². The fourth-order valence-corrected chi connectivity index (χ4v) is 0.632. The maximum absolute atomic E-state index is 9.78. The number of hydrogen-bond acceptors (Lipinski definition) is 1. The molecule has 0 aliphatic carbocycles. The van der Waals surface area contributed by atoms with Crippen LogP contribution in [0.4, 0.5) is 0 Å². The summed E-state index contributed by atoms with van der Waals surface area (Å²) >= 11 is 0. The largest absolute Gasteiger partial charge is 0.356 e. The molecule has 1 atom stereocenters. The first-order chi connectivity index (χ1) is 3.81. The van der Waals surface area contributed by atoms with Crippen molar-refractivity contribution in [3.63, 3.8) is 0 Å². The Bertz CT molecular complexity index is 68.1. The molecule has 0 aliphatic heterocycles. The van der Waals surface area contributed by atoms with Crippen molar-refractivity contribution in [3.8, 4) is 0 Å². The normalized spacial score (nSPS) is 12.8. The van der Waals surface area contributed by atoms with Crippen molar-refractivity contribution < 1.29 is 6.22 Å². The van der Waals surface area contributed by atoms with Crippen molar-refractivity contribution in [1.29, 1.82) is 0 Å². The summed E-state index contributed by atoms with van der Waals surface area (Å²) in [6, 6.07) is 0.345. The van der Waals surface area contributed by atoms with E-state index in [4.69, 9.17) is 0 Å². The molecule has 50 valence electrons. The lowest BCUT2D eigenvalue weighted by molar-refractivity contribution is -0.110. The monoisotopic (exact) mass is 117 g/mol. The second-order valence-corrected chi connectivity index (χ2v) is 1.97. The van der Waals surface area contributed by atoms with Gasteiger partial charge in [-0.15, -0.1) is 0 Å². The average Bonchev–Trinajstić information content (AvgIpc) is 1.68.